The molecule has 0 saturated carbocycles. The molecule has 28 heavy (non-hydrogen) atoms. The van der Waals surface area contributed by atoms with E-state index in [1.165, 1.54) is 4.90 Å². The highest BCUT2D eigenvalue weighted by molar-refractivity contribution is 5.92. The van der Waals surface area contributed by atoms with Gasteiger partial charge in [-0.1, -0.05) is 0 Å². The third-order valence-corrected chi connectivity index (χ3v) is 4.91. The van der Waals surface area contributed by atoms with Crippen LogP contribution in [0.4, 0.5) is 15.0 Å². The molecule has 3 aromatic heterocycles. The lowest BCUT2D eigenvalue weighted by atomic mass is 10.0. The van der Waals surface area contributed by atoms with E-state index in [-0.39, 0.29) is 18.6 Å². The van der Waals surface area contributed by atoms with Gasteiger partial charge in [-0.3, -0.25) is 10.3 Å². The average molecular weight is 384 g/mol. The number of carbonyl (C=O) groups is 1. The van der Waals surface area contributed by atoms with Crippen LogP contribution in [0.15, 0.2) is 35.1 Å². The molecule has 8 nitrogen and oxygen atoms in total. The van der Waals surface area contributed by atoms with Gasteiger partial charge in [-0.2, -0.15) is 0 Å². The van der Waals surface area contributed by atoms with Crippen molar-refractivity contribution in [3.63, 3.8) is 0 Å². The van der Waals surface area contributed by atoms with Crippen LogP contribution in [-0.4, -0.2) is 58.2 Å². The maximum Gasteiger partial charge on any atom is 0.323 e. The minimum absolute atomic E-state index is 0.0594. The van der Waals surface area contributed by atoms with Gasteiger partial charge in [0.25, 0.3) is 0 Å². The summed E-state index contributed by atoms with van der Waals surface area (Å²) in [6.45, 7) is 2.32. The average Bonchev–Trinajstić information content (AvgIpc) is 3.13. The summed E-state index contributed by atoms with van der Waals surface area (Å²) in [5.41, 5.74) is 0.644. The number of piperidine rings is 1. The Labute approximate surface area is 161 Å². The molecule has 0 unspecified atom stereocenters. The molecule has 0 spiro atoms. The van der Waals surface area contributed by atoms with Crippen LogP contribution < -0.4 is 10.6 Å². The van der Waals surface area contributed by atoms with Gasteiger partial charge in [0.1, 0.15) is 17.7 Å². The topological polar surface area (TPSA) is 96.2 Å². The number of aryl methyl sites for hydroxylation is 1. The van der Waals surface area contributed by atoms with Crippen LogP contribution in [0, 0.1) is 6.92 Å². The van der Waals surface area contributed by atoms with Crippen LogP contribution in [0.3, 0.4) is 0 Å². The summed E-state index contributed by atoms with van der Waals surface area (Å²) in [4.78, 5) is 26.7. The standard InChI is InChI=1S/C19H21FN6O2/c1-11-22-9-17(28-11)16-5-12-6-18(24-8-13(12)7-23-16)25-19(27)26-4-3-15(21-2)14(20)10-26/h5-9,14-15,21H,3-4,10H2,1-2H3,(H,24,25,27)/t14-,15-/m1/s1. The number of fused-ring (bicyclic) bond motifs is 1. The molecule has 4 heterocycles. The van der Waals surface area contributed by atoms with Crippen molar-refractivity contribution in [2.75, 3.05) is 25.5 Å². The number of carbonyl (C=O) groups excluding carboxylic acids is 1. The lowest BCUT2D eigenvalue weighted by Crippen LogP contribution is -2.52. The summed E-state index contributed by atoms with van der Waals surface area (Å²) in [5.74, 6) is 1.53. The summed E-state index contributed by atoms with van der Waals surface area (Å²) in [7, 11) is 1.73. The van der Waals surface area contributed by atoms with E-state index in [2.05, 4.69) is 25.6 Å². The van der Waals surface area contributed by atoms with Crippen LogP contribution in [0.2, 0.25) is 0 Å². The quantitative estimate of drug-likeness (QED) is 0.721. The molecule has 2 amide bonds. The first-order chi connectivity index (χ1) is 13.5. The van der Waals surface area contributed by atoms with E-state index < -0.39 is 6.17 Å². The number of aromatic nitrogens is 3. The Balaban J connectivity index is 1.51. The fourth-order valence-corrected chi connectivity index (χ4v) is 3.32. The van der Waals surface area contributed by atoms with E-state index in [0.29, 0.717) is 36.1 Å². The molecule has 0 bridgehead atoms. The van der Waals surface area contributed by atoms with Gasteiger partial charge in [-0.25, -0.2) is 19.2 Å². The highest BCUT2D eigenvalue weighted by Gasteiger charge is 2.30. The minimum atomic E-state index is -1.09. The SMILES string of the molecule is CN[C@@H]1CCN(C(=O)Nc2cc3cc(-c4cnc(C)o4)ncc3cn2)C[C@H]1F. The number of alkyl halides is 1. The number of urea groups is 1. The number of rotatable bonds is 3. The van der Waals surface area contributed by atoms with E-state index in [4.69, 9.17) is 4.42 Å². The number of nitrogens with one attached hydrogen (secondary N) is 2. The van der Waals surface area contributed by atoms with Crippen LogP contribution >= 0.6 is 0 Å². The van der Waals surface area contributed by atoms with E-state index in [1.54, 1.807) is 38.6 Å². The van der Waals surface area contributed by atoms with Crippen LogP contribution in [0.1, 0.15) is 12.3 Å². The second kappa shape index (κ2) is 7.51. The number of halogens is 1. The van der Waals surface area contributed by atoms with Crippen molar-refractivity contribution in [2.24, 2.45) is 0 Å². The molecule has 2 atom stereocenters. The minimum Gasteiger partial charge on any atom is -0.439 e. The molecule has 1 fully saturated rings. The van der Waals surface area contributed by atoms with Gasteiger partial charge in [0, 0.05) is 37.3 Å². The number of hydrogen-bond acceptors (Lipinski definition) is 6. The van der Waals surface area contributed by atoms with E-state index in [0.717, 1.165) is 10.8 Å². The third kappa shape index (κ3) is 3.65. The zero-order valence-corrected chi connectivity index (χ0v) is 15.6. The molecule has 146 valence electrons. The second-order valence-electron chi connectivity index (χ2n) is 6.81. The zero-order valence-electron chi connectivity index (χ0n) is 15.6. The molecule has 3 aromatic rings. The van der Waals surface area contributed by atoms with Crippen molar-refractivity contribution in [3.05, 3.63) is 36.6 Å². The molecule has 0 radical (unpaired) electrons. The van der Waals surface area contributed by atoms with Crippen molar-refractivity contribution in [1.29, 1.82) is 0 Å². The molecule has 9 heteroatoms. The first-order valence-corrected chi connectivity index (χ1v) is 9.09. The molecule has 4 rings (SSSR count). The van der Waals surface area contributed by atoms with Gasteiger partial charge in [-0.15, -0.1) is 0 Å². The molecule has 0 aliphatic carbocycles. The van der Waals surface area contributed by atoms with Gasteiger partial charge in [0.2, 0.25) is 0 Å². The Morgan fingerprint density at radius 1 is 1.21 bits per heavy atom. The van der Waals surface area contributed by atoms with E-state index in [9.17, 15) is 9.18 Å². The maximum absolute atomic E-state index is 14.1. The van der Waals surface area contributed by atoms with Crippen LogP contribution in [0.5, 0.6) is 0 Å². The van der Waals surface area contributed by atoms with Crippen molar-refractivity contribution >= 4 is 22.6 Å². The molecule has 2 N–H and O–H groups in total. The monoisotopic (exact) mass is 384 g/mol. The Hall–Kier alpha value is -3.07. The molecule has 1 aliphatic rings. The first-order valence-electron chi connectivity index (χ1n) is 9.09. The first kappa shape index (κ1) is 18.3. The molecule has 1 saturated heterocycles. The predicted molar refractivity (Wildman–Crippen MR) is 103 cm³/mol. The van der Waals surface area contributed by atoms with Crippen molar-refractivity contribution in [3.8, 4) is 11.5 Å². The fraction of sp³-hybridized carbons (Fsp3) is 0.368. The van der Waals surface area contributed by atoms with Gasteiger partial charge in [-0.05, 0) is 31.0 Å². The number of anilines is 1. The maximum atomic E-state index is 14.1. The lowest BCUT2D eigenvalue weighted by molar-refractivity contribution is 0.126. The van der Waals surface area contributed by atoms with Gasteiger partial charge >= 0.3 is 6.03 Å². The van der Waals surface area contributed by atoms with E-state index >= 15 is 0 Å². The number of hydrogen-bond donors (Lipinski definition) is 2. The second-order valence-corrected chi connectivity index (χ2v) is 6.81. The Morgan fingerprint density at radius 3 is 2.75 bits per heavy atom. The number of pyridine rings is 2. The van der Waals surface area contributed by atoms with Crippen molar-refractivity contribution < 1.29 is 13.6 Å². The highest BCUT2D eigenvalue weighted by Crippen LogP contribution is 2.24. The number of amides is 2. The number of oxazole rings is 1. The summed E-state index contributed by atoms with van der Waals surface area (Å²) in [6, 6.07) is 3.04. The molecular weight excluding hydrogens is 363 g/mol. The third-order valence-electron chi connectivity index (χ3n) is 4.91. The lowest BCUT2D eigenvalue weighted by Gasteiger charge is -2.34. The largest absolute Gasteiger partial charge is 0.439 e. The summed E-state index contributed by atoms with van der Waals surface area (Å²) >= 11 is 0. The Bertz CT molecular complexity index is 1010. The van der Waals surface area contributed by atoms with Gasteiger partial charge < -0.3 is 14.6 Å². The van der Waals surface area contributed by atoms with Crippen molar-refractivity contribution in [2.45, 2.75) is 25.6 Å². The number of nitrogens with zero attached hydrogens (tertiary/aromatic N) is 4. The Morgan fingerprint density at radius 2 is 2.04 bits per heavy atom. The smallest absolute Gasteiger partial charge is 0.323 e. The number of likely N-dealkylation sites (tertiary alicyclic amines) is 1. The van der Waals surface area contributed by atoms with Crippen LogP contribution in [0.25, 0.3) is 22.2 Å². The van der Waals surface area contributed by atoms with E-state index in [1.807, 2.05) is 6.07 Å². The normalized spacial score (nSPS) is 19.8. The highest BCUT2D eigenvalue weighted by atomic mass is 19.1. The summed E-state index contributed by atoms with van der Waals surface area (Å²) in [6.07, 6.45) is 4.43. The zero-order chi connectivity index (χ0) is 19.7. The van der Waals surface area contributed by atoms with Crippen molar-refractivity contribution in [1.82, 2.24) is 25.2 Å². The molecular formula is C19H21FN6O2. The predicted octanol–water partition coefficient (Wildman–Crippen LogP) is 2.76. The van der Waals surface area contributed by atoms with Gasteiger partial charge in [0.15, 0.2) is 11.7 Å². The summed E-state index contributed by atoms with van der Waals surface area (Å²) in [5, 5.41) is 7.37. The summed E-state index contributed by atoms with van der Waals surface area (Å²) < 4.78 is 19.6. The Kier molecular flexibility index (Phi) is 4.91. The fourth-order valence-electron chi connectivity index (χ4n) is 3.32. The van der Waals surface area contributed by atoms with Gasteiger partial charge in [0.05, 0.1) is 12.7 Å². The van der Waals surface area contributed by atoms with Crippen LogP contribution in [-0.2, 0) is 0 Å². The molecule has 1 aliphatic heterocycles. The molecule has 0 aromatic carbocycles.